The van der Waals surface area contributed by atoms with Crippen LogP contribution >= 0.6 is 0 Å². The number of halogens is 6. The van der Waals surface area contributed by atoms with Gasteiger partial charge in [-0.05, 0) is 49.9 Å². The number of rotatable bonds is 6. The molecule has 2 aliphatic rings. The molecular weight excluding hydrogens is 568 g/mol. The van der Waals surface area contributed by atoms with Crippen molar-refractivity contribution < 1.29 is 60.4 Å². The van der Waals surface area contributed by atoms with Crippen LogP contribution in [0.15, 0.2) is 42.7 Å². The molecule has 0 bridgehead atoms. The molecule has 1 spiro atoms. The number of hydrogen-bond donors (Lipinski definition) is 2. The lowest BCUT2D eigenvalue weighted by atomic mass is 9.79. The van der Waals surface area contributed by atoms with Gasteiger partial charge < -0.3 is 24.6 Å². The lowest BCUT2D eigenvalue weighted by Gasteiger charge is -2.50. The number of aromatic nitrogens is 2. The molecule has 2 aromatic rings. The first kappa shape index (κ1) is 33.4. The van der Waals surface area contributed by atoms with Crippen molar-refractivity contribution in [1.29, 1.82) is 0 Å². The Bertz CT molecular complexity index is 1150. The van der Waals surface area contributed by atoms with E-state index in [-0.39, 0.29) is 11.5 Å². The summed E-state index contributed by atoms with van der Waals surface area (Å²) >= 11 is 0. The van der Waals surface area contributed by atoms with Crippen molar-refractivity contribution in [2.75, 3.05) is 26.3 Å². The first-order chi connectivity index (χ1) is 19.0. The smallest absolute Gasteiger partial charge is 0.475 e. The Kier molecular flexibility index (Phi) is 11.6. The van der Waals surface area contributed by atoms with Crippen LogP contribution in [0.1, 0.15) is 34.6 Å². The number of aryl methyl sites for hydroxylation is 1. The molecule has 4 heterocycles. The van der Waals surface area contributed by atoms with Crippen molar-refractivity contribution in [1.82, 2.24) is 14.9 Å². The first-order valence-corrected chi connectivity index (χ1v) is 12.0. The second kappa shape index (κ2) is 14.2. The van der Waals surface area contributed by atoms with Crippen molar-refractivity contribution in [3.8, 4) is 0 Å². The van der Waals surface area contributed by atoms with E-state index in [0.29, 0.717) is 37.8 Å². The molecule has 16 heteroatoms. The number of carboxylic acids is 2. The molecule has 0 aromatic carbocycles. The van der Waals surface area contributed by atoms with E-state index in [2.05, 4.69) is 9.97 Å². The molecule has 1 unspecified atom stereocenters. The largest absolute Gasteiger partial charge is 0.490 e. The van der Waals surface area contributed by atoms with Crippen LogP contribution in [0.25, 0.3) is 0 Å². The van der Waals surface area contributed by atoms with Crippen LogP contribution in [-0.4, -0.2) is 87.2 Å². The van der Waals surface area contributed by atoms with Gasteiger partial charge in [-0.15, -0.1) is 0 Å². The summed E-state index contributed by atoms with van der Waals surface area (Å²) in [4.78, 5) is 40.6. The van der Waals surface area contributed by atoms with Crippen LogP contribution < -0.4 is 0 Å². The molecule has 0 saturated carbocycles. The van der Waals surface area contributed by atoms with Gasteiger partial charge in [0.2, 0.25) is 0 Å². The standard InChI is InChI=1S/C21H25N3O3.2C2HF3O2/c1-16-3-2-4-19(23-16)13-26-11-7-18-8-12-27-21(18)14-24(15-21)20(25)17-5-9-22-10-6-17;2*3-2(4,5)1(6)7/h2-6,9-10,18H,7-8,11-15H2,1H3;2*(H,6,7). The maximum atomic E-state index is 12.5. The van der Waals surface area contributed by atoms with Crippen LogP contribution in [0, 0.1) is 12.8 Å². The van der Waals surface area contributed by atoms with E-state index in [1.165, 1.54) is 0 Å². The summed E-state index contributed by atoms with van der Waals surface area (Å²) < 4.78 is 75.4. The van der Waals surface area contributed by atoms with Gasteiger partial charge in [0.1, 0.15) is 5.60 Å². The van der Waals surface area contributed by atoms with Gasteiger partial charge in [0, 0.05) is 36.9 Å². The van der Waals surface area contributed by atoms with Crippen LogP contribution in [-0.2, 0) is 25.7 Å². The van der Waals surface area contributed by atoms with Crippen LogP contribution in [0.3, 0.4) is 0 Å². The summed E-state index contributed by atoms with van der Waals surface area (Å²) in [6, 6.07) is 9.49. The number of nitrogens with zero attached hydrogens (tertiary/aromatic N) is 3. The van der Waals surface area contributed by atoms with Crippen molar-refractivity contribution in [3.05, 3.63) is 59.7 Å². The van der Waals surface area contributed by atoms with Crippen LogP contribution in [0.5, 0.6) is 0 Å². The van der Waals surface area contributed by atoms with Crippen molar-refractivity contribution >= 4 is 17.8 Å². The Labute approximate surface area is 229 Å². The third-order valence-electron chi connectivity index (χ3n) is 6.02. The van der Waals surface area contributed by atoms with Crippen LogP contribution in [0.4, 0.5) is 26.3 Å². The summed E-state index contributed by atoms with van der Waals surface area (Å²) in [6.45, 7) is 5.30. The Morgan fingerprint density at radius 2 is 1.59 bits per heavy atom. The zero-order valence-electron chi connectivity index (χ0n) is 21.6. The molecule has 0 aliphatic carbocycles. The minimum atomic E-state index is -5.08. The summed E-state index contributed by atoms with van der Waals surface area (Å²) in [5.41, 5.74) is 2.47. The van der Waals surface area contributed by atoms with Crippen molar-refractivity contribution in [2.24, 2.45) is 5.92 Å². The normalized spacial score (nSPS) is 17.4. The number of hydrogen-bond acceptors (Lipinski definition) is 7. The van der Waals surface area contributed by atoms with Gasteiger partial charge in [0.25, 0.3) is 5.91 Å². The number of aliphatic carboxylic acids is 2. The maximum absolute atomic E-state index is 12.5. The average molecular weight is 595 g/mol. The number of amides is 1. The number of carboxylic acid groups (broad SMARTS) is 2. The van der Waals surface area contributed by atoms with Gasteiger partial charge >= 0.3 is 24.3 Å². The highest BCUT2D eigenvalue weighted by atomic mass is 19.4. The lowest BCUT2D eigenvalue weighted by Crippen LogP contribution is -2.66. The van der Waals surface area contributed by atoms with Crippen molar-refractivity contribution in [3.63, 3.8) is 0 Å². The number of carbonyl (C=O) groups is 3. The van der Waals surface area contributed by atoms with E-state index in [1.807, 2.05) is 30.0 Å². The zero-order chi connectivity index (χ0) is 30.8. The van der Waals surface area contributed by atoms with E-state index in [9.17, 15) is 31.1 Å². The molecule has 1 atom stereocenters. The number of pyridine rings is 2. The second-order valence-corrected chi connectivity index (χ2v) is 9.01. The molecule has 2 saturated heterocycles. The number of alkyl halides is 6. The Morgan fingerprint density at radius 1 is 1.02 bits per heavy atom. The highest BCUT2D eigenvalue weighted by Gasteiger charge is 2.54. The molecular formula is C25H27F6N3O7. The molecule has 2 fully saturated rings. The van der Waals surface area contributed by atoms with E-state index in [0.717, 1.165) is 30.8 Å². The molecule has 2 aromatic heterocycles. The SMILES string of the molecule is Cc1cccc(COCCC2CCOC23CN(C(=O)c2ccncc2)C3)n1.O=C(O)C(F)(F)F.O=C(O)C(F)(F)F. The number of likely N-dealkylation sites (tertiary alicyclic amines) is 1. The first-order valence-electron chi connectivity index (χ1n) is 12.0. The van der Waals surface area contributed by atoms with Gasteiger partial charge in [-0.3, -0.25) is 14.8 Å². The Balaban J connectivity index is 0.000000349. The highest BCUT2D eigenvalue weighted by molar-refractivity contribution is 5.94. The molecule has 0 radical (unpaired) electrons. The van der Waals surface area contributed by atoms with Gasteiger partial charge in [-0.25, -0.2) is 9.59 Å². The third-order valence-corrected chi connectivity index (χ3v) is 6.02. The predicted octanol–water partition coefficient (Wildman–Crippen LogP) is 3.89. The minimum absolute atomic E-state index is 0.0547. The van der Waals surface area contributed by atoms with E-state index < -0.39 is 24.3 Å². The van der Waals surface area contributed by atoms with E-state index in [4.69, 9.17) is 29.3 Å². The number of carbonyl (C=O) groups excluding carboxylic acids is 1. The Hall–Kier alpha value is -3.79. The fourth-order valence-corrected chi connectivity index (χ4v) is 4.04. The maximum Gasteiger partial charge on any atom is 0.490 e. The summed E-state index contributed by atoms with van der Waals surface area (Å²) in [5, 5.41) is 14.2. The van der Waals surface area contributed by atoms with Gasteiger partial charge in [0.15, 0.2) is 0 Å². The molecule has 4 rings (SSSR count). The number of ether oxygens (including phenoxy) is 2. The monoisotopic (exact) mass is 595 g/mol. The molecule has 1 amide bonds. The average Bonchev–Trinajstić information content (AvgIpc) is 3.29. The fourth-order valence-electron chi connectivity index (χ4n) is 4.04. The highest BCUT2D eigenvalue weighted by Crippen LogP contribution is 2.42. The molecule has 41 heavy (non-hydrogen) atoms. The Morgan fingerprint density at radius 3 is 2.10 bits per heavy atom. The molecule has 2 aliphatic heterocycles. The lowest BCUT2D eigenvalue weighted by molar-refractivity contribution is -0.193. The quantitative estimate of drug-likeness (QED) is 0.376. The van der Waals surface area contributed by atoms with Gasteiger partial charge in [-0.2, -0.15) is 26.3 Å². The minimum Gasteiger partial charge on any atom is -0.475 e. The van der Waals surface area contributed by atoms with Crippen molar-refractivity contribution in [2.45, 2.75) is 44.3 Å². The fraction of sp³-hybridized carbons (Fsp3) is 0.480. The third kappa shape index (κ3) is 10.3. The topological polar surface area (TPSA) is 139 Å². The second-order valence-electron chi connectivity index (χ2n) is 9.01. The zero-order valence-corrected chi connectivity index (χ0v) is 21.6. The summed E-state index contributed by atoms with van der Waals surface area (Å²) in [7, 11) is 0. The van der Waals surface area contributed by atoms with E-state index >= 15 is 0 Å². The predicted molar refractivity (Wildman–Crippen MR) is 128 cm³/mol. The molecule has 2 N–H and O–H groups in total. The van der Waals surface area contributed by atoms with Crippen LogP contribution in [0.2, 0.25) is 0 Å². The molecule has 226 valence electrons. The molecule has 10 nitrogen and oxygen atoms in total. The van der Waals surface area contributed by atoms with Gasteiger partial charge in [-0.1, -0.05) is 6.07 Å². The van der Waals surface area contributed by atoms with E-state index in [1.54, 1.807) is 24.5 Å². The van der Waals surface area contributed by atoms with Gasteiger partial charge in [0.05, 0.1) is 25.4 Å². The summed E-state index contributed by atoms with van der Waals surface area (Å²) in [5.74, 6) is -5.02. The summed E-state index contributed by atoms with van der Waals surface area (Å²) in [6.07, 6.45) is -4.89.